The third-order valence-corrected chi connectivity index (χ3v) is 6.17. The van der Waals surface area contributed by atoms with E-state index in [0.717, 1.165) is 22.2 Å². The quantitative estimate of drug-likeness (QED) is 0.232. The Morgan fingerprint density at radius 1 is 1.00 bits per heavy atom. The Balaban J connectivity index is 1.49. The van der Waals surface area contributed by atoms with Crippen molar-refractivity contribution in [2.24, 2.45) is 0 Å². The van der Waals surface area contributed by atoms with Crippen molar-refractivity contribution in [3.8, 4) is 5.75 Å². The van der Waals surface area contributed by atoms with Gasteiger partial charge in [0.15, 0.2) is 0 Å². The highest BCUT2D eigenvalue weighted by molar-refractivity contribution is 8.18. The van der Waals surface area contributed by atoms with Crippen LogP contribution >= 0.6 is 23.4 Å². The summed E-state index contributed by atoms with van der Waals surface area (Å²) in [5, 5.41) is 11.4. The van der Waals surface area contributed by atoms with E-state index in [1.807, 2.05) is 18.2 Å². The van der Waals surface area contributed by atoms with E-state index in [2.05, 4.69) is 0 Å². The number of hydrogen-bond donors (Lipinski definition) is 0. The van der Waals surface area contributed by atoms with Gasteiger partial charge in [0.05, 0.1) is 16.4 Å². The molecule has 0 aromatic heterocycles. The summed E-state index contributed by atoms with van der Waals surface area (Å²) in [5.74, 6) is 0.0911. The number of nitro benzene ring substituents is 1. The van der Waals surface area contributed by atoms with Crippen LogP contribution in [0.1, 0.15) is 16.7 Å². The van der Waals surface area contributed by atoms with E-state index in [0.29, 0.717) is 21.9 Å². The lowest BCUT2D eigenvalue weighted by Crippen LogP contribution is -2.27. The van der Waals surface area contributed by atoms with E-state index in [-0.39, 0.29) is 23.7 Å². The van der Waals surface area contributed by atoms with E-state index in [1.54, 1.807) is 42.5 Å². The monoisotopic (exact) mass is 480 g/mol. The SMILES string of the molecule is O=C1S/C(=C/c2cccc(OCc3ccccc3Cl)c2)C(=O)N1Cc1ccccc1[N+](=O)[O-]. The second-order valence-corrected chi connectivity index (χ2v) is 8.51. The Bertz CT molecular complexity index is 1280. The lowest BCUT2D eigenvalue weighted by molar-refractivity contribution is -0.385. The molecule has 1 saturated heterocycles. The fourth-order valence-electron chi connectivity index (χ4n) is 3.25. The van der Waals surface area contributed by atoms with E-state index in [4.69, 9.17) is 16.3 Å². The first-order valence-corrected chi connectivity index (χ1v) is 11.1. The minimum atomic E-state index is -0.529. The maximum Gasteiger partial charge on any atom is 0.293 e. The van der Waals surface area contributed by atoms with Crippen molar-refractivity contribution in [2.75, 3.05) is 0 Å². The number of imide groups is 1. The van der Waals surface area contributed by atoms with Crippen molar-refractivity contribution >= 4 is 46.3 Å². The number of ether oxygens (including phenoxy) is 1. The Morgan fingerprint density at radius 3 is 2.48 bits per heavy atom. The molecule has 1 fully saturated rings. The van der Waals surface area contributed by atoms with Crippen LogP contribution in [0.3, 0.4) is 0 Å². The highest BCUT2D eigenvalue weighted by atomic mass is 35.5. The van der Waals surface area contributed by atoms with Gasteiger partial charge in [0.25, 0.3) is 16.8 Å². The Morgan fingerprint density at radius 2 is 1.73 bits per heavy atom. The largest absolute Gasteiger partial charge is 0.489 e. The maximum atomic E-state index is 12.8. The normalized spacial score (nSPS) is 14.7. The highest BCUT2D eigenvalue weighted by Crippen LogP contribution is 2.34. The summed E-state index contributed by atoms with van der Waals surface area (Å²) >= 11 is 6.96. The highest BCUT2D eigenvalue weighted by Gasteiger charge is 2.36. The maximum absolute atomic E-state index is 12.8. The molecule has 0 saturated carbocycles. The fraction of sp³-hybridized carbons (Fsp3) is 0.0833. The molecule has 33 heavy (non-hydrogen) atoms. The van der Waals surface area contributed by atoms with Gasteiger partial charge in [0.1, 0.15) is 12.4 Å². The molecule has 0 spiro atoms. The molecule has 1 heterocycles. The van der Waals surface area contributed by atoms with E-state index in [1.165, 1.54) is 18.2 Å². The molecule has 0 bridgehead atoms. The molecule has 3 aromatic carbocycles. The molecule has 0 N–H and O–H groups in total. The van der Waals surface area contributed by atoms with Crippen LogP contribution in [0.15, 0.2) is 77.7 Å². The van der Waals surface area contributed by atoms with Crippen LogP contribution in [0.4, 0.5) is 10.5 Å². The van der Waals surface area contributed by atoms with Crippen LogP contribution in [-0.2, 0) is 17.9 Å². The molecule has 0 atom stereocenters. The predicted octanol–water partition coefficient (Wildman–Crippen LogP) is 6.06. The van der Waals surface area contributed by atoms with E-state index >= 15 is 0 Å². The minimum absolute atomic E-state index is 0.135. The first-order valence-electron chi connectivity index (χ1n) is 9.86. The number of amides is 2. The molecule has 7 nitrogen and oxygen atoms in total. The van der Waals surface area contributed by atoms with Gasteiger partial charge in [-0.15, -0.1) is 0 Å². The van der Waals surface area contributed by atoms with Crippen molar-refractivity contribution in [2.45, 2.75) is 13.2 Å². The molecule has 166 valence electrons. The molecular weight excluding hydrogens is 464 g/mol. The standard InChI is InChI=1S/C24H17ClN2O5S/c25-20-10-3-1-8-18(20)15-32-19-9-5-6-16(12-19)13-22-23(28)26(24(29)33-22)14-17-7-2-4-11-21(17)27(30)31/h1-13H,14-15H2/b22-13+. The molecule has 0 radical (unpaired) electrons. The smallest absolute Gasteiger partial charge is 0.293 e. The lowest BCUT2D eigenvalue weighted by atomic mass is 10.1. The molecule has 2 amide bonds. The average Bonchev–Trinajstić information content (AvgIpc) is 3.06. The minimum Gasteiger partial charge on any atom is -0.489 e. The van der Waals surface area contributed by atoms with Crippen molar-refractivity contribution in [1.82, 2.24) is 4.90 Å². The van der Waals surface area contributed by atoms with Gasteiger partial charge in [0.2, 0.25) is 0 Å². The summed E-state index contributed by atoms with van der Waals surface area (Å²) in [7, 11) is 0. The average molecular weight is 481 g/mol. The summed E-state index contributed by atoms with van der Waals surface area (Å²) in [6.07, 6.45) is 1.60. The number of thioether (sulfide) groups is 1. The van der Waals surface area contributed by atoms with Gasteiger partial charge in [-0.2, -0.15) is 0 Å². The second-order valence-electron chi connectivity index (χ2n) is 7.11. The molecule has 0 unspecified atom stereocenters. The van der Waals surface area contributed by atoms with Crippen LogP contribution < -0.4 is 4.74 Å². The van der Waals surface area contributed by atoms with Crippen molar-refractivity contribution in [1.29, 1.82) is 0 Å². The lowest BCUT2D eigenvalue weighted by Gasteiger charge is -2.12. The number of nitro groups is 1. The van der Waals surface area contributed by atoms with E-state index in [9.17, 15) is 19.7 Å². The van der Waals surface area contributed by atoms with Crippen LogP contribution in [0.25, 0.3) is 6.08 Å². The molecule has 9 heteroatoms. The number of halogens is 1. The van der Waals surface area contributed by atoms with Crippen LogP contribution in [0.5, 0.6) is 5.75 Å². The van der Waals surface area contributed by atoms with Gasteiger partial charge in [-0.05, 0) is 41.6 Å². The van der Waals surface area contributed by atoms with Crippen molar-refractivity contribution in [3.63, 3.8) is 0 Å². The van der Waals surface area contributed by atoms with Crippen molar-refractivity contribution in [3.05, 3.63) is 110 Å². The first-order chi connectivity index (χ1) is 15.9. The Hall–Kier alpha value is -3.62. The number of carbonyl (C=O) groups is 2. The number of rotatable bonds is 7. The summed E-state index contributed by atoms with van der Waals surface area (Å²) < 4.78 is 5.82. The molecule has 0 aliphatic carbocycles. The zero-order valence-electron chi connectivity index (χ0n) is 17.1. The van der Waals surface area contributed by atoms with E-state index < -0.39 is 16.1 Å². The van der Waals surface area contributed by atoms with Gasteiger partial charge in [-0.1, -0.05) is 60.1 Å². The number of para-hydroxylation sites is 1. The summed E-state index contributed by atoms with van der Waals surface area (Å²) in [4.78, 5) is 37.2. The summed E-state index contributed by atoms with van der Waals surface area (Å²) in [6, 6.07) is 20.5. The van der Waals surface area contributed by atoms with Crippen molar-refractivity contribution < 1.29 is 19.2 Å². The number of hydrogen-bond acceptors (Lipinski definition) is 6. The van der Waals surface area contributed by atoms with Gasteiger partial charge >= 0.3 is 0 Å². The van der Waals surface area contributed by atoms with Gasteiger partial charge in [0, 0.05) is 22.2 Å². The topological polar surface area (TPSA) is 89.8 Å². The van der Waals surface area contributed by atoms with Crippen LogP contribution in [0.2, 0.25) is 5.02 Å². The number of benzene rings is 3. The molecule has 4 rings (SSSR count). The first kappa shape index (κ1) is 22.6. The molecule has 1 aliphatic rings. The Kier molecular flexibility index (Phi) is 6.76. The third kappa shape index (κ3) is 5.24. The van der Waals surface area contributed by atoms with Gasteiger partial charge in [-0.25, -0.2) is 0 Å². The summed E-state index contributed by atoms with van der Waals surface area (Å²) in [5.41, 5.74) is 1.69. The zero-order chi connectivity index (χ0) is 23.4. The number of carbonyl (C=O) groups excluding carboxylic acids is 2. The fourth-order valence-corrected chi connectivity index (χ4v) is 4.28. The van der Waals surface area contributed by atoms with Gasteiger partial charge in [-0.3, -0.25) is 24.6 Å². The molecule has 1 aliphatic heterocycles. The Labute approximate surface area is 198 Å². The molecular formula is C24H17ClN2O5S. The third-order valence-electron chi connectivity index (χ3n) is 4.90. The number of nitrogens with zero attached hydrogens (tertiary/aromatic N) is 2. The second kappa shape index (κ2) is 9.89. The van der Waals surface area contributed by atoms with Crippen LogP contribution in [-0.4, -0.2) is 21.0 Å². The predicted molar refractivity (Wildman–Crippen MR) is 127 cm³/mol. The summed E-state index contributed by atoms with van der Waals surface area (Å²) in [6.45, 7) is 0.121. The molecule has 3 aromatic rings. The zero-order valence-corrected chi connectivity index (χ0v) is 18.7. The van der Waals surface area contributed by atoms with Crippen LogP contribution in [0, 0.1) is 10.1 Å². The van der Waals surface area contributed by atoms with Gasteiger partial charge < -0.3 is 4.74 Å².